The molecule has 38 heavy (non-hydrogen) atoms. The molecule has 0 aliphatic carbocycles. The van der Waals surface area contributed by atoms with E-state index >= 15 is 0 Å². The van der Waals surface area contributed by atoms with Crippen LogP contribution in [-0.2, 0) is 26.5 Å². The number of hydrogen-bond donors (Lipinski definition) is 0. The topological polar surface area (TPSA) is 25.8 Å². The van der Waals surface area contributed by atoms with Crippen molar-refractivity contribution in [1.82, 2.24) is 9.97 Å². The summed E-state index contributed by atoms with van der Waals surface area (Å²) in [5, 5.41) is 0. The van der Waals surface area contributed by atoms with Crippen LogP contribution >= 0.6 is 0 Å². The summed E-state index contributed by atoms with van der Waals surface area (Å²) in [6.45, 7) is 1.43. The van der Waals surface area contributed by atoms with Crippen LogP contribution in [0.5, 0.6) is 0 Å². The van der Waals surface area contributed by atoms with E-state index in [0.29, 0.717) is 16.8 Å². The van der Waals surface area contributed by atoms with Crippen LogP contribution in [0.3, 0.4) is 0 Å². The van der Waals surface area contributed by atoms with Gasteiger partial charge in [-0.15, -0.1) is 71.3 Å². The molecule has 0 aliphatic rings. The van der Waals surface area contributed by atoms with Gasteiger partial charge in [0.15, 0.2) is 0 Å². The van der Waals surface area contributed by atoms with E-state index in [-0.39, 0.29) is 31.2 Å². The molecule has 0 fully saturated rings. The monoisotopic (exact) mass is 683 g/mol. The van der Waals surface area contributed by atoms with E-state index < -0.39 is 25.5 Å². The van der Waals surface area contributed by atoms with Crippen LogP contribution in [0.1, 0.15) is 48.4 Å². The summed E-state index contributed by atoms with van der Waals surface area (Å²) in [7, 11) is 0. The van der Waals surface area contributed by atoms with Crippen LogP contribution in [0.25, 0.3) is 33.6 Å². The molecule has 195 valence electrons. The van der Waals surface area contributed by atoms with Crippen molar-refractivity contribution in [3.05, 3.63) is 132 Å². The quantitative estimate of drug-likeness (QED) is 0.177. The second kappa shape index (κ2) is 13.4. The van der Waals surface area contributed by atoms with Gasteiger partial charge in [0, 0.05) is 43.5 Å². The van der Waals surface area contributed by atoms with E-state index in [0.717, 1.165) is 22.4 Å². The standard InChI is InChI=1S/C22H22N.C13H12N.Ir/c1-22(2,3)16-17-9-11-18(12-10-17)20-13-14-23-21(15-20)19-7-5-4-6-8-19;1-10-3-6-12(7-4-10)13-8-5-11(2)9-14-13;/h4-7,9-15H,16H2,1-3H3;3-6,8-9H,1-2H3;/q2*-1;/i16D2;1D3,2D3;. The molecule has 0 N–H and O–H groups in total. The van der Waals surface area contributed by atoms with Gasteiger partial charge in [-0.05, 0) is 58.3 Å². The van der Waals surface area contributed by atoms with E-state index in [2.05, 4.69) is 22.1 Å². The number of benzene rings is 3. The summed E-state index contributed by atoms with van der Waals surface area (Å²) >= 11 is 0. The van der Waals surface area contributed by atoms with Gasteiger partial charge < -0.3 is 9.97 Å². The van der Waals surface area contributed by atoms with Gasteiger partial charge in [0.1, 0.15) is 0 Å². The van der Waals surface area contributed by atoms with Crippen LogP contribution in [0.4, 0.5) is 0 Å². The largest absolute Gasteiger partial charge is 0.305 e. The van der Waals surface area contributed by atoms with Gasteiger partial charge in [-0.25, -0.2) is 0 Å². The first-order valence-corrected chi connectivity index (χ1v) is 12.0. The number of pyridine rings is 2. The van der Waals surface area contributed by atoms with Gasteiger partial charge >= 0.3 is 0 Å². The predicted octanol–water partition coefficient (Wildman–Crippen LogP) is 8.97. The molecule has 0 unspecified atom stereocenters. The molecule has 0 spiro atoms. The van der Waals surface area contributed by atoms with Gasteiger partial charge in [-0.3, -0.25) is 0 Å². The van der Waals surface area contributed by atoms with Crippen molar-refractivity contribution in [3.8, 4) is 33.6 Å². The molecule has 3 aromatic carbocycles. The minimum absolute atomic E-state index is 0. The first-order chi connectivity index (χ1) is 21.0. The van der Waals surface area contributed by atoms with Gasteiger partial charge in [0.25, 0.3) is 0 Å². The molecule has 2 aromatic heterocycles. The van der Waals surface area contributed by atoms with Gasteiger partial charge in [-0.1, -0.05) is 70.1 Å². The van der Waals surface area contributed by atoms with Crippen LogP contribution in [0, 0.1) is 31.3 Å². The molecule has 0 amide bonds. The summed E-state index contributed by atoms with van der Waals surface area (Å²) < 4.78 is 60.4. The Morgan fingerprint density at radius 1 is 0.763 bits per heavy atom. The van der Waals surface area contributed by atoms with Gasteiger partial charge in [0.2, 0.25) is 0 Å². The van der Waals surface area contributed by atoms with Crippen molar-refractivity contribution >= 4 is 0 Å². The fraction of sp³-hybridized carbons (Fsp3) is 0.200. The molecule has 2 nitrogen and oxygen atoms in total. The van der Waals surface area contributed by atoms with E-state index in [1.54, 1.807) is 18.3 Å². The zero-order valence-electron chi connectivity index (χ0n) is 29.5. The molecule has 0 saturated heterocycles. The second-order valence-corrected chi connectivity index (χ2v) is 9.58. The van der Waals surface area contributed by atoms with Crippen molar-refractivity contribution in [1.29, 1.82) is 0 Å². The number of aryl methyl sites for hydroxylation is 2. The summed E-state index contributed by atoms with van der Waals surface area (Å²) in [5.74, 6) is 0. The molecule has 0 atom stereocenters. The third-order valence-electron chi connectivity index (χ3n) is 5.33. The molecular formula is C35H34IrN2-2. The summed E-state index contributed by atoms with van der Waals surface area (Å²) in [6.07, 6.45) is 1.72. The van der Waals surface area contributed by atoms with Crippen molar-refractivity contribution in [2.45, 2.75) is 40.8 Å². The molecule has 0 bridgehead atoms. The first kappa shape index (κ1) is 19.6. The van der Waals surface area contributed by atoms with Gasteiger partial charge in [-0.2, -0.15) is 0 Å². The van der Waals surface area contributed by atoms with E-state index in [1.165, 1.54) is 24.4 Å². The first-order valence-electron chi connectivity index (χ1n) is 16.0. The Bertz CT molecular complexity index is 1640. The zero-order chi connectivity index (χ0) is 33.0. The van der Waals surface area contributed by atoms with Crippen LogP contribution in [0.2, 0.25) is 0 Å². The molecule has 1 radical (unpaired) electrons. The molecule has 2 heterocycles. The third-order valence-corrected chi connectivity index (χ3v) is 5.33. The average molecular weight is 683 g/mol. The normalized spacial score (nSPS) is 14.8. The smallest absolute Gasteiger partial charge is 0.0321 e. The molecule has 3 heteroatoms. The number of hydrogen-bond acceptors (Lipinski definition) is 2. The number of aromatic nitrogens is 2. The van der Waals surface area contributed by atoms with E-state index in [9.17, 15) is 0 Å². The maximum absolute atomic E-state index is 8.39. The Balaban J connectivity index is 0.000000251. The Morgan fingerprint density at radius 3 is 2.13 bits per heavy atom. The number of nitrogens with zero attached hydrogens (tertiary/aromatic N) is 2. The molecule has 5 aromatic rings. The van der Waals surface area contributed by atoms with Crippen molar-refractivity contribution in [2.75, 3.05) is 0 Å². The Kier molecular flexibility index (Phi) is 6.94. The van der Waals surface area contributed by atoms with Crippen molar-refractivity contribution in [3.63, 3.8) is 0 Å². The minimum atomic E-state index is -2.18. The van der Waals surface area contributed by atoms with Crippen LogP contribution < -0.4 is 0 Å². The SMILES string of the molecule is [2H]C([2H])([2H])c1c[c-]c(-c2ccc(C([2H])([2H])[2H])cn2)cc1.[2H]C([2H])(c1ccc(-c2ccnc(-c3[c-]cccc3)c2)cc1)C(C)(C)C.[Ir]. The molecule has 0 saturated carbocycles. The molecular weight excluding hydrogens is 641 g/mol. The maximum atomic E-state index is 8.39. The van der Waals surface area contributed by atoms with Crippen molar-refractivity contribution in [2.24, 2.45) is 5.41 Å². The Labute approximate surface area is 252 Å². The van der Waals surface area contributed by atoms with Gasteiger partial charge in [0.05, 0.1) is 0 Å². The fourth-order valence-corrected chi connectivity index (χ4v) is 3.63. The second-order valence-electron chi connectivity index (χ2n) is 9.58. The summed E-state index contributed by atoms with van der Waals surface area (Å²) in [5.41, 5.74) is 5.75. The summed E-state index contributed by atoms with van der Waals surface area (Å²) in [4.78, 5) is 8.51. The third kappa shape index (κ3) is 8.58. The zero-order valence-corrected chi connectivity index (χ0v) is 23.9. The van der Waals surface area contributed by atoms with Crippen molar-refractivity contribution < 1.29 is 31.1 Å². The maximum Gasteiger partial charge on any atom is 0.0321 e. The fourth-order valence-electron chi connectivity index (χ4n) is 3.63. The molecule has 5 rings (SSSR count). The Hall–Kier alpha value is -3.39. The molecule has 0 aliphatic heterocycles. The Morgan fingerprint density at radius 2 is 1.53 bits per heavy atom. The predicted molar refractivity (Wildman–Crippen MR) is 155 cm³/mol. The summed E-state index contributed by atoms with van der Waals surface area (Å²) in [6, 6.07) is 33.2. The van der Waals surface area contributed by atoms with E-state index in [1.807, 2.05) is 81.4 Å². The van der Waals surface area contributed by atoms with Crippen LogP contribution in [-0.4, -0.2) is 9.97 Å². The van der Waals surface area contributed by atoms with Crippen LogP contribution in [0.15, 0.2) is 103 Å². The average Bonchev–Trinajstić information content (AvgIpc) is 3.01. The minimum Gasteiger partial charge on any atom is -0.305 e. The number of rotatable bonds is 4. The van der Waals surface area contributed by atoms with E-state index in [4.69, 9.17) is 11.0 Å².